The van der Waals surface area contributed by atoms with Gasteiger partial charge in [0.1, 0.15) is 0 Å². The van der Waals surface area contributed by atoms with E-state index in [1.807, 2.05) is 13.8 Å². The highest BCUT2D eigenvalue weighted by Crippen LogP contribution is 2.64. The quantitative estimate of drug-likeness (QED) is 0.539. The minimum atomic E-state index is 0.673. The number of hydrogen-bond donors (Lipinski definition) is 0. The number of hydrogen-bond acceptors (Lipinski definition) is 1. The van der Waals surface area contributed by atoms with E-state index in [4.69, 9.17) is 0 Å². The molecule has 0 spiro atoms. The van der Waals surface area contributed by atoms with E-state index in [0.29, 0.717) is 5.41 Å². The first-order chi connectivity index (χ1) is 5.55. The van der Waals surface area contributed by atoms with Gasteiger partial charge >= 0.3 is 0 Å². The Kier molecular flexibility index (Phi) is 2.53. The average Bonchev–Trinajstić information content (AvgIpc) is 2.37. The van der Waals surface area contributed by atoms with Crippen molar-refractivity contribution in [3.8, 4) is 0 Å². The summed E-state index contributed by atoms with van der Waals surface area (Å²) in [5.41, 5.74) is 0.673. The van der Waals surface area contributed by atoms with Crippen molar-refractivity contribution in [1.82, 2.24) is 4.90 Å². The monoisotopic (exact) mass is 169 g/mol. The van der Waals surface area contributed by atoms with Crippen LogP contribution in [0.25, 0.3) is 0 Å². The standard InChI is InChI=1S/C9H17N.C2H6/c1-6-8-7(5-10(6)4)9(8,2)3;1-2/h6-8H,5H2,1-4H3;1-2H3. The summed E-state index contributed by atoms with van der Waals surface area (Å²) in [6.07, 6.45) is 0. The molecule has 0 aromatic carbocycles. The van der Waals surface area contributed by atoms with Crippen molar-refractivity contribution < 1.29 is 0 Å². The Morgan fingerprint density at radius 1 is 1.25 bits per heavy atom. The Hall–Kier alpha value is -0.0400. The molecule has 1 aliphatic carbocycles. The number of likely N-dealkylation sites (tertiary alicyclic amines) is 1. The maximum absolute atomic E-state index is 2.49. The third-order valence-electron chi connectivity index (χ3n) is 3.84. The molecule has 2 aliphatic rings. The molecule has 0 radical (unpaired) electrons. The molecule has 3 atom stereocenters. The van der Waals surface area contributed by atoms with E-state index in [0.717, 1.165) is 17.9 Å². The molecule has 1 nitrogen and oxygen atoms in total. The molecule has 0 aromatic heterocycles. The Bertz CT molecular complexity index is 160. The highest BCUT2D eigenvalue weighted by Gasteiger charge is 2.64. The minimum absolute atomic E-state index is 0.673. The Morgan fingerprint density at radius 2 is 1.75 bits per heavy atom. The van der Waals surface area contributed by atoms with Crippen LogP contribution < -0.4 is 0 Å². The summed E-state index contributed by atoms with van der Waals surface area (Å²) in [6, 6.07) is 0.833. The lowest BCUT2D eigenvalue weighted by molar-refractivity contribution is 0.235. The van der Waals surface area contributed by atoms with Gasteiger partial charge in [0.2, 0.25) is 0 Å². The third kappa shape index (κ3) is 1.19. The lowest BCUT2D eigenvalue weighted by Gasteiger charge is -2.23. The van der Waals surface area contributed by atoms with Gasteiger partial charge < -0.3 is 4.90 Å². The van der Waals surface area contributed by atoms with Gasteiger partial charge in [-0.25, -0.2) is 0 Å². The van der Waals surface area contributed by atoms with Gasteiger partial charge in [0.25, 0.3) is 0 Å². The van der Waals surface area contributed by atoms with Gasteiger partial charge in [-0.05, 0) is 31.2 Å². The molecular formula is C11H23N. The topological polar surface area (TPSA) is 3.24 Å². The van der Waals surface area contributed by atoms with Gasteiger partial charge in [-0.15, -0.1) is 0 Å². The first-order valence-electron chi connectivity index (χ1n) is 5.25. The molecule has 1 aliphatic heterocycles. The van der Waals surface area contributed by atoms with Gasteiger partial charge in [0.05, 0.1) is 0 Å². The van der Waals surface area contributed by atoms with Gasteiger partial charge in [0, 0.05) is 12.6 Å². The molecule has 1 saturated heterocycles. The van der Waals surface area contributed by atoms with Crippen molar-refractivity contribution in [3.05, 3.63) is 0 Å². The van der Waals surface area contributed by atoms with Crippen LogP contribution in [0.1, 0.15) is 34.6 Å². The largest absolute Gasteiger partial charge is 0.303 e. The molecule has 1 heterocycles. The highest BCUT2D eigenvalue weighted by atomic mass is 15.2. The molecule has 0 amide bonds. The normalized spacial score (nSPS) is 43.0. The van der Waals surface area contributed by atoms with Crippen LogP contribution in [0.15, 0.2) is 0 Å². The van der Waals surface area contributed by atoms with Gasteiger partial charge in [-0.3, -0.25) is 0 Å². The maximum atomic E-state index is 2.49. The van der Waals surface area contributed by atoms with E-state index in [1.54, 1.807) is 0 Å². The van der Waals surface area contributed by atoms with Gasteiger partial charge in [-0.1, -0.05) is 27.7 Å². The molecule has 1 heteroatoms. The molecule has 0 bridgehead atoms. The number of nitrogens with zero attached hydrogens (tertiary/aromatic N) is 1. The van der Waals surface area contributed by atoms with Crippen LogP contribution >= 0.6 is 0 Å². The van der Waals surface area contributed by atoms with Crippen molar-refractivity contribution in [2.75, 3.05) is 13.6 Å². The SMILES string of the molecule is CC.CC1C2C(CN1C)C2(C)C. The van der Waals surface area contributed by atoms with Crippen LogP contribution in [0.3, 0.4) is 0 Å². The van der Waals surface area contributed by atoms with Gasteiger partial charge in [0.15, 0.2) is 0 Å². The average molecular weight is 169 g/mol. The zero-order valence-corrected chi connectivity index (χ0v) is 9.39. The van der Waals surface area contributed by atoms with E-state index in [9.17, 15) is 0 Å². The van der Waals surface area contributed by atoms with Crippen LogP contribution in [0.2, 0.25) is 0 Å². The van der Waals surface area contributed by atoms with E-state index < -0.39 is 0 Å². The summed E-state index contributed by atoms with van der Waals surface area (Å²) in [4.78, 5) is 2.49. The van der Waals surface area contributed by atoms with Crippen LogP contribution in [-0.2, 0) is 0 Å². The second-order valence-electron chi connectivity index (χ2n) is 4.63. The second-order valence-corrected chi connectivity index (χ2v) is 4.63. The van der Waals surface area contributed by atoms with Crippen LogP contribution in [0, 0.1) is 17.3 Å². The van der Waals surface area contributed by atoms with Crippen molar-refractivity contribution in [1.29, 1.82) is 0 Å². The Labute approximate surface area is 77.1 Å². The van der Waals surface area contributed by atoms with E-state index in [-0.39, 0.29) is 0 Å². The predicted octanol–water partition coefficient (Wildman–Crippen LogP) is 2.62. The second kappa shape index (κ2) is 3.02. The number of fused-ring (bicyclic) bond motifs is 1. The third-order valence-corrected chi connectivity index (χ3v) is 3.84. The molecule has 12 heavy (non-hydrogen) atoms. The lowest BCUT2D eigenvalue weighted by atomic mass is 10.0. The van der Waals surface area contributed by atoms with Gasteiger partial charge in [-0.2, -0.15) is 0 Å². The number of rotatable bonds is 0. The summed E-state index contributed by atoms with van der Waals surface area (Å²) in [7, 11) is 2.24. The summed E-state index contributed by atoms with van der Waals surface area (Å²) < 4.78 is 0. The first kappa shape index (κ1) is 10.0. The fourth-order valence-corrected chi connectivity index (χ4v) is 2.84. The molecule has 1 saturated carbocycles. The van der Waals surface area contributed by atoms with E-state index in [1.165, 1.54) is 6.54 Å². The van der Waals surface area contributed by atoms with Crippen molar-refractivity contribution >= 4 is 0 Å². The highest BCUT2D eigenvalue weighted by molar-refractivity contribution is 5.14. The molecule has 2 fully saturated rings. The van der Waals surface area contributed by atoms with Crippen molar-refractivity contribution in [2.45, 2.75) is 40.7 Å². The Morgan fingerprint density at radius 3 is 2.00 bits per heavy atom. The fraction of sp³-hybridized carbons (Fsp3) is 1.00. The molecule has 2 rings (SSSR count). The smallest absolute Gasteiger partial charge is 0.0101 e. The van der Waals surface area contributed by atoms with Crippen molar-refractivity contribution in [2.24, 2.45) is 17.3 Å². The predicted molar refractivity (Wildman–Crippen MR) is 54.2 cm³/mol. The minimum Gasteiger partial charge on any atom is -0.303 e. The lowest BCUT2D eigenvalue weighted by Crippen LogP contribution is -2.29. The zero-order valence-electron chi connectivity index (χ0n) is 9.39. The fourth-order valence-electron chi connectivity index (χ4n) is 2.84. The summed E-state index contributed by atoms with van der Waals surface area (Å²) in [6.45, 7) is 12.5. The van der Waals surface area contributed by atoms with Crippen LogP contribution in [0.5, 0.6) is 0 Å². The molecular weight excluding hydrogens is 146 g/mol. The van der Waals surface area contributed by atoms with E-state index >= 15 is 0 Å². The van der Waals surface area contributed by atoms with E-state index in [2.05, 4.69) is 32.7 Å². The summed E-state index contributed by atoms with van der Waals surface area (Å²) >= 11 is 0. The molecule has 72 valence electrons. The van der Waals surface area contributed by atoms with Crippen LogP contribution in [-0.4, -0.2) is 24.5 Å². The Balaban J connectivity index is 0.000000336. The molecule has 0 aromatic rings. The van der Waals surface area contributed by atoms with Crippen LogP contribution in [0.4, 0.5) is 0 Å². The summed E-state index contributed by atoms with van der Waals surface area (Å²) in [5, 5.41) is 0. The zero-order chi connectivity index (χ0) is 9.52. The number of piperidine rings is 1. The summed E-state index contributed by atoms with van der Waals surface area (Å²) in [5.74, 6) is 2.00. The van der Waals surface area contributed by atoms with Crippen molar-refractivity contribution in [3.63, 3.8) is 0 Å². The molecule has 0 N–H and O–H groups in total. The molecule has 3 unspecified atom stereocenters. The maximum Gasteiger partial charge on any atom is 0.0101 e. The first-order valence-corrected chi connectivity index (χ1v) is 5.25.